The first-order valence-electron chi connectivity index (χ1n) is 9.31. The topological polar surface area (TPSA) is 72.1 Å². The predicted octanol–water partition coefficient (Wildman–Crippen LogP) is 3.82. The second-order valence-corrected chi connectivity index (χ2v) is 6.66. The van der Waals surface area contributed by atoms with Gasteiger partial charge in [0.25, 0.3) is 0 Å². The van der Waals surface area contributed by atoms with E-state index in [4.69, 9.17) is 14.2 Å². The number of hydrogen-bond donors (Lipinski definition) is 2. The number of likely N-dealkylation sites (tertiary alicyclic amines) is 1. The summed E-state index contributed by atoms with van der Waals surface area (Å²) in [5.41, 5.74) is 1.58. The number of hydrogen-bond acceptors (Lipinski definition) is 5. The van der Waals surface area contributed by atoms with Gasteiger partial charge in [-0.05, 0) is 25.0 Å². The minimum atomic E-state index is -0.126. The highest BCUT2D eigenvalue weighted by atomic mass is 16.5. The zero-order chi connectivity index (χ0) is 19.9. The van der Waals surface area contributed by atoms with Gasteiger partial charge in [0, 0.05) is 43.0 Å². The molecule has 1 atom stereocenters. The second kappa shape index (κ2) is 9.21. The first-order valence-corrected chi connectivity index (χ1v) is 9.31. The van der Waals surface area contributed by atoms with Crippen LogP contribution in [0, 0.1) is 0 Å². The second-order valence-electron chi connectivity index (χ2n) is 6.66. The van der Waals surface area contributed by atoms with Gasteiger partial charge in [0.2, 0.25) is 0 Å². The van der Waals surface area contributed by atoms with Crippen LogP contribution in [-0.2, 0) is 0 Å². The number of carbonyl (C=O) groups excluding carboxylic acids is 1. The van der Waals surface area contributed by atoms with E-state index in [1.165, 1.54) is 0 Å². The molecule has 2 N–H and O–H groups in total. The number of urea groups is 1. The molecule has 28 heavy (non-hydrogen) atoms. The van der Waals surface area contributed by atoms with Crippen molar-refractivity contribution in [2.75, 3.05) is 45.1 Å². The van der Waals surface area contributed by atoms with Gasteiger partial charge in [-0.2, -0.15) is 0 Å². The number of nitrogens with zero attached hydrogens (tertiary/aromatic N) is 1. The molecule has 1 aliphatic rings. The van der Waals surface area contributed by atoms with Gasteiger partial charge in [0.1, 0.15) is 17.2 Å². The van der Waals surface area contributed by atoms with E-state index < -0.39 is 0 Å². The van der Waals surface area contributed by atoms with Crippen LogP contribution >= 0.6 is 0 Å². The van der Waals surface area contributed by atoms with Crippen LogP contribution in [0.4, 0.5) is 16.2 Å². The van der Waals surface area contributed by atoms with Gasteiger partial charge < -0.3 is 29.7 Å². The van der Waals surface area contributed by atoms with Gasteiger partial charge in [0.15, 0.2) is 0 Å². The first-order chi connectivity index (χ1) is 13.6. The summed E-state index contributed by atoms with van der Waals surface area (Å²) in [6, 6.07) is 13.1. The minimum Gasteiger partial charge on any atom is -0.497 e. The van der Waals surface area contributed by atoms with E-state index in [1.54, 1.807) is 21.3 Å². The summed E-state index contributed by atoms with van der Waals surface area (Å²) in [5.74, 6) is 2.10. The highest BCUT2D eigenvalue weighted by molar-refractivity contribution is 5.91. The monoisotopic (exact) mass is 385 g/mol. The Morgan fingerprint density at radius 3 is 2.43 bits per heavy atom. The highest BCUT2D eigenvalue weighted by Gasteiger charge is 2.24. The third-order valence-electron chi connectivity index (χ3n) is 4.78. The van der Waals surface area contributed by atoms with Gasteiger partial charge in [-0.25, -0.2) is 4.79 Å². The molecule has 7 nitrogen and oxygen atoms in total. The largest absolute Gasteiger partial charge is 0.497 e. The van der Waals surface area contributed by atoms with Crippen molar-refractivity contribution in [3.63, 3.8) is 0 Å². The minimum absolute atomic E-state index is 0.126. The van der Waals surface area contributed by atoms with Crippen LogP contribution in [-0.4, -0.2) is 51.4 Å². The number of nitrogens with one attached hydrogen (secondary N) is 2. The molecule has 0 aromatic heterocycles. The standard InChI is InChI=1S/C21H27N3O4/c1-26-17-11-16(12-18(13-17)27-2)22-15-7-6-10-24(14-15)21(25)23-19-8-4-5-9-20(19)28-3/h4-5,8-9,11-13,15,22H,6-7,10,14H2,1-3H3,(H,23,25)/t15-/m1/s1. The van der Waals surface area contributed by atoms with Crippen LogP contribution in [0.5, 0.6) is 17.2 Å². The normalized spacial score (nSPS) is 16.2. The van der Waals surface area contributed by atoms with Crippen molar-refractivity contribution in [2.24, 2.45) is 0 Å². The van der Waals surface area contributed by atoms with Crippen molar-refractivity contribution in [3.8, 4) is 17.2 Å². The van der Waals surface area contributed by atoms with Crippen molar-refractivity contribution in [1.82, 2.24) is 4.90 Å². The molecule has 150 valence electrons. The number of piperidine rings is 1. The van der Waals surface area contributed by atoms with Crippen molar-refractivity contribution < 1.29 is 19.0 Å². The summed E-state index contributed by atoms with van der Waals surface area (Å²) >= 11 is 0. The maximum Gasteiger partial charge on any atom is 0.322 e. The number of benzene rings is 2. The Kier molecular flexibility index (Phi) is 6.47. The van der Waals surface area contributed by atoms with Gasteiger partial charge in [0.05, 0.1) is 27.0 Å². The Bertz CT molecular complexity index is 790. The summed E-state index contributed by atoms with van der Waals surface area (Å²) in [4.78, 5) is 14.6. The molecule has 1 aliphatic heterocycles. The molecule has 1 fully saturated rings. The van der Waals surface area contributed by atoms with Gasteiger partial charge in [-0.3, -0.25) is 0 Å². The summed E-state index contributed by atoms with van der Waals surface area (Å²) in [7, 11) is 4.85. The first kappa shape index (κ1) is 19.7. The molecule has 0 unspecified atom stereocenters. The number of rotatable bonds is 6. The molecule has 2 aromatic carbocycles. The lowest BCUT2D eigenvalue weighted by Crippen LogP contribution is -2.46. The van der Waals surface area contributed by atoms with E-state index >= 15 is 0 Å². The van der Waals surface area contributed by atoms with Crippen LogP contribution in [0.2, 0.25) is 0 Å². The molecule has 2 aromatic rings. The number of ether oxygens (including phenoxy) is 3. The van der Waals surface area contributed by atoms with Crippen molar-refractivity contribution in [2.45, 2.75) is 18.9 Å². The van der Waals surface area contributed by atoms with Gasteiger partial charge in [-0.15, -0.1) is 0 Å². The van der Waals surface area contributed by atoms with Crippen LogP contribution in [0.1, 0.15) is 12.8 Å². The quantitative estimate of drug-likeness (QED) is 0.791. The molecule has 3 rings (SSSR count). The fraction of sp³-hybridized carbons (Fsp3) is 0.381. The molecular formula is C21H27N3O4. The number of para-hydroxylation sites is 2. The summed E-state index contributed by atoms with van der Waals surface area (Å²) < 4.78 is 16.0. The third kappa shape index (κ3) is 4.79. The van der Waals surface area contributed by atoms with Crippen molar-refractivity contribution in [1.29, 1.82) is 0 Å². The Hall–Kier alpha value is -3.09. The number of anilines is 2. The average Bonchev–Trinajstić information content (AvgIpc) is 2.74. The van der Waals surface area contributed by atoms with E-state index in [0.29, 0.717) is 18.0 Å². The van der Waals surface area contributed by atoms with Gasteiger partial charge >= 0.3 is 6.03 Å². The average molecular weight is 385 g/mol. The predicted molar refractivity (Wildman–Crippen MR) is 110 cm³/mol. The van der Waals surface area contributed by atoms with Crippen LogP contribution in [0.3, 0.4) is 0 Å². The molecule has 0 saturated carbocycles. The van der Waals surface area contributed by atoms with Crippen LogP contribution < -0.4 is 24.8 Å². The Morgan fingerprint density at radius 2 is 1.75 bits per heavy atom. The fourth-order valence-corrected chi connectivity index (χ4v) is 3.35. The number of carbonyl (C=O) groups is 1. The maximum absolute atomic E-state index is 12.7. The molecule has 0 radical (unpaired) electrons. The summed E-state index contributed by atoms with van der Waals surface area (Å²) in [5, 5.41) is 6.44. The molecule has 0 spiro atoms. The van der Waals surface area contributed by atoms with E-state index in [2.05, 4.69) is 10.6 Å². The lowest BCUT2D eigenvalue weighted by molar-refractivity contribution is 0.196. The Morgan fingerprint density at radius 1 is 1.04 bits per heavy atom. The van der Waals surface area contributed by atoms with E-state index in [-0.39, 0.29) is 12.1 Å². The third-order valence-corrected chi connectivity index (χ3v) is 4.78. The van der Waals surface area contributed by atoms with Gasteiger partial charge in [-0.1, -0.05) is 12.1 Å². The number of methoxy groups -OCH3 is 3. The zero-order valence-electron chi connectivity index (χ0n) is 16.5. The van der Waals surface area contributed by atoms with Crippen molar-refractivity contribution in [3.05, 3.63) is 42.5 Å². The molecule has 0 bridgehead atoms. The smallest absolute Gasteiger partial charge is 0.322 e. The SMILES string of the molecule is COc1cc(N[C@@H]2CCCN(C(=O)Nc3ccccc3OC)C2)cc(OC)c1. The van der Waals surface area contributed by atoms with E-state index in [9.17, 15) is 4.79 Å². The highest BCUT2D eigenvalue weighted by Crippen LogP contribution is 2.28. The lowest BCUT2D eigenvalue weighted by Gasteiger charge is -2.34. The lowest BCUT2D eigenvalue weighted by atomic mass is 10.1. The van der Waals surface area contributed by atoms with E-state index in [0.717, 1.165) is 36.6 Å². The van der Waals surface area contributed by atoms with E-state index in [1.807, 2.05) is 47.4 Å². The van der Waals surface area contributed by atoms with Crippen LogP contribution in [0.25, 0.3) is 0 Å². The molecule has 2 amide bonds. The zero-order valence-corrected chi connectivity index (χ0v) is 16.5. The summed E-state index contributed by atoms with van der Waals surface area (Å²) in [6.07, 6.45) is 1.91. The summed E-state index contributed by atoms with van der Waals surface area (Å²) in [6.45, 7) is 1.33. The Balaban J connectivity index is 1.64. The molecule has 0 aliphatic carbocycles. The molecule has 1 heterocycles. The molecule has 1 saturated heterocycles. The molecular weight excluding hydrogens is 358 g/mol. The number of amides is 2. The van der Waals surface area contributed by atoms with Crippen LogP contribution in [0.15, 0.2) is 42.5 Å². The van der Waals surface area contributed by atoms with Crippen molar-refractivity contribution >= 4 is 17.4 Å². The molecule has 7 heteroatoms. The fourth-order valence-electron chi connectivity index (χ4n) is 3.35. The Labute approximate surface area is 165 Å². The maximum atomic E-state index is 12.7.